The summed E-state index contributed by atoms with van der Waals surface area (Å²) in [6.07, 6.45) is 2.07. The number of hydrogen-bond acceptors (Lipinski definition) is 8. The zero-order valence-corrected chi connectivity index (χ0v) is 21.2. The first-order valence-electron chi connectivity index (χ1n) is 12.0. The van der Waals surface area contributed by atoms with Crippen molar-refractivity contribution in [2.24, 2.45) is 0 Å². The van der Waals surface area contributed by atoms with E-state index in [1.807, 2.05) is 60.8 Å². The maximum absolute atomic E-state index is 12.5. The first-order chi connectivity index (χ1) is 17.9. The van der Waals surface area contributed by atoms with E-state index in [2.05, 4.69) is 25.3 Å². The van der Waals surface area contributed by atoms with Crippen LogP contribution in [-0.2, 0) is 10.4 Å². The molecule has 4 heterocycles. The lowest BCUT2D eigenvalue weighted by Gasteiger charge is -2.21. The highest BCUT2D eigenvalue weighted by Gasteiger charge is 2.45. The van der Waals surface area contributed by atoms with Crippen molar-refractivity contribution >= 4 is 34.2 Å². The number of rotatable bonds is 6. The zero-order chi connectivity index (χ0) is 25.6. The molecule has 1 amide bonds. The van der Waals surface area contributed by atoms with Crippen LogP contribution in [0.15, 0.2) is 66.2 Å². The summed E-state index contributed by atoms with van der Waals surface area (Å²) in [6, 6.07) is 17.0. The Morgan fingerprint density at radius 2 is 1.97 bits per heavy atom. The highest BCUT2D eigenvalue weighted by atomic mass is 32.1. The van der Waals surface area contributed by atoms with Gasteiger partial charge >= 0.3 is 0 Å². The number of benzene rings is 2. The number of anilines is 1. The van der Waals surface area contributed by atoms with Crippen molar-refractivity contribution in [1.29, 1.82) is 0 Å². The van der Waals surface area contributed by atoms with Crippen LogP contribution in [0.2, 0.25) is 0 Å². The molecule has 1 aliphatic rings. The number of thiazole rings is 1. The number of aliphatic hydroxyl groups is 1. The monoisotopic (exact) mass is 511 g/mol. The minimum absolute atomic E-state index is 0.125. The number of para-hydroxylation sites is 2. The van der Waals surface area contributed by atoms with Crippen LogP contribution in [0, 0.1) is 0 Å². The highest BCUT2D eigenvalue weighted by Crippen LogP contribution is 2.36. The summed E-state index contributed by atoms with van der Waals surface area (Å²) in [6.45, 7) is 2.53. The van der Waals surface area contributed by atoms with Crippen molar-refractivity contribution in [2.75, 3.05) is 18.9 Å². The second-order valence-corrected chi connectivity index (χ2v) is 10.1. The summed E-state index contributed by atoms with van der Waals surface area (Å²) in [5.41, 5.74) is 3.25. The molecule has 5 aromatic rings. The van der Waals surface area contributed by atoms with E-state index in [1.165, 1.54) is 11.3 Å². The predicted molar refractivity (Wildman–Crippen MR) is 143 cm³/mol. The van der Waals surface area contributed by atoms with Crippen LogP contribution in [0.25, 0.3) is 33.0 Å². The maximum Gasteiger partial charge on any atom is 0.258 e. The van der Waals surface area contributed by atoms with E-state index in [-0.39, 0.29) is 11.9 Å². The molecule has 3 aromatic heterocycles. The van der Waals surface area contributed by atoms with Crippen LogP contribution >= 0.6 is 11.3 Å². The summed E-state index contributed by atoms with van der Waals surface area (Å²) in [4.78, 5) is 35.9. The van der Waals surface area contributed by atoms with Gasteiger partial charge in [0.05, 0.1) is 22.8 Å². The predicted octanol–water partition coefficient (Wildman–Crippen LogP) is 4.37. The minimum atomic E-state index is -1.49. The highest BCUT2D eigenvalue weighted by molar-refractivity contribution is 7.13. The fourth-order valence-electron chi connectivity index (χ4n) is 4.57. The third-order valence-electron chi connectivity index (χ3n) is 6.68. The number of aromatic amines is 1. The molecule has 1 aliphatic heterocycles. The van der Waals surface area contributed by atoms with E-state index in [1.54, 1.807) is 24.2 Å². The van der Waals surface area contributed by atoms with E-state index in [9.17, 15) is 9.90 Å². The van der Waals surface area contributed by atoms with Gasteiger partial charge in [-0.2, -0.15) is 0 Å². The Morgan fingerprint density at radius 3 is 2.78 bits per heavy atom. The molecule has 9 nitrogen and oxygen atoms in total. The van der Waals surface area contributed by atoms with E-state index in [4.69, 9.17) is 4.98 Å². The molecule has 10 heteroatoms. The number of imidazole rings is 1. The normalized spacial score (nSPS) is 18.5. The van der Waals surface area contributed by atoms with Crippen molar-refractivity contribution < 1.29 is 9.90 Å². The van der Waals surface area contributed by atoms with Gasteiger partial charge in [0.25, 0.3) is 5.91 Å². The quantitative estimate of drug-likeness (QED) is 0.310. The van der Waals surface area contributed by atoms with Crippen LogP contribution in [-0.4, -0.2) is 54.4 Å². The second kappa shape index (κ2) is 9.06. The van der Waals surface area contributed by atoms with Crippen LogP contribution in [0.5, 0.6) is 0 Å². The van der Waals surface area contributed by atoms with Gasteiger partial charge in [0.1, 0.15) is 16.5 Å². The van der Waals surface area contributed by atoms with Gasteiger partial charge in [-0.15, -0.1) is 11.3 Å². The summed E-state index contributed by atoms with van der Waals surface area (Å²) >= 11 is 1.48. The topological polar surface area (TPSA) is 120 Å². The number of nitrogens with one attached hydrogen (secondary N) is 2. The number of aromatic nitrogens is 5. The van der Waals surface area contributed by atoms with Crippen molar-refractivity contribution in [1.82, 2.24) is 29.8 Å². The fraction of sp³-hybridized carbons (Fsp3) is 0.222. The lowest BCUT2D eigenvalue weighted by molar-refractivity contribution is -0.143. The zero-order valence-electron chi connectivity index (χ0n) is 20.3. The molecule has 2 atom stereocenters. The molecule has 0 spiro atoms. The SMILES string of the molecule is C[C@@H](Nc1nccc(-c2csc(-c3cccc([C@]4(O)CCN(C)C4=O)c3)n2)n1)c1nc2ccccc2[nH]1. The minimum Gasteiger partial charge on any atom is -0.375 e. The van der Waals surface area contributed by atoms with Crippen LogP contribution in [0.3, 0.4) is 0 Å². The second-order valence-electron chi connectivity index (χ2n) is 9.23. The summed E-state index contributed by atoms with van der Waals surface area (Å²) in [5, 5.41) is 17.1. The maximum atomic E-state index is 12.5. The number of hydrogen-bond donors (Lipinski definition) is 3. The van der Waals surface area contributed by atoms with Crippen molar-refractivity contribution in [3.8, 4) is 22.0 Å². The third kappa shape index (κ3) is 4.24. The van der Waals surface area contributed by atoms with Gasteiger partial charge in [-0.05, 0) is 36.8 Å². The number of carbonyl (C=O) groups is 1. The van der Waals surface area contributed by atoms with Gasteiger partial charge in [-0.25, -0.2) is 19.9 Å². The average molecular weight is 512 g/mol. The van der Waals surface area contributed by atoms with Gasteiger partial charge in [-0.1, -0.05) is 30.3 Å². The number of fused-ring (bicyclic) bond motifs is 1. The largest absolute Gasteiger partial charge is 0.375 e. The fourth-order valence-corrected chi connectivity index (χ4v) is 5.38. The average Bonchev–Trinajstić information content (AvgIpc) is 3.65. The first-order valence-corrected chi connectivity index (χ1v) is 12.9. The lowest BCUT2D eigenvalue weighted by atomic mass is 9.91. The molecule has 0 radical (unpaired) electrons. The standard InChI is InChI=1S/C27H25N7O2S/c1-16(23-30-19-8-3-4-9-20(19)31-23)29-26-28-12-10-21(33-26)22-15-37-24(32-22)17-6-5-7-18(14-17)27(36)11-13-34(2)25(27)35/h3-10,12,14-16,36H,11,13H2,1-2H3,(H,30,31)(H,28,29,33)/t16-,27-/m1/s1. The number of carbonyl (C=O) groups excluding carboxylic acids is 1. The molecule has 0 unspecified atom stereocenters. The molecule has 0 aliphatic carbocycles. The smallest absolute Gasteiger partial charge is 0.258 e. The summed E-state index contributed by atoms with van der Waals surface area (Å²) in [5.74, 6) is 1.01. The molecule has 0 saturated carbocycles. The van der Waals surface area contributed by atoms with Gasteiger partial charge < -0.3 is 20.3 Å². The molecule has 186 valence electrons. The number of H-pyrrole nitrogens is 1. The van der Waals surface area contributed by atoms with Gasteiger partial charge in [0, 0.05) is 37.2 Å². The molecule has 1 saturated heterocycles. The van der Waals surface area contributed by atoms with Crippen LogP contribution < -0.4 is 5.32 Å². The van der Waals surface area contributed by atoms with E-state index in [0.29, 0.717) is 30.2 Å². The molecule has 6 rings (SSSR count). The Kier molecular flexibility index (Phi) is 5.69. The molecule has 0 bridgehead atoms. The Balaban J connectivity index is 1.23. The van der Waals surface area contributed by atoms with Crippen molar-refractivity contribution in [2.45, 2.75) is 25.0 Å². The summed E-state index contributed by atoms with van der Waals surface area (Å²) < 4.78 is 0. The van der Waals surface area contributed by atoms with Gasteiger partial charge in [0.2, 0.25) is 5.95 Å². The van der Waals surface area contributed by atoms with Crippen molar-refractivity contribution in [3.63, 3.8) is 0 Å². The van der Waals surface area contributed by atoms with E-state index < -0.39 is 5.60 Å². The Morgan fingerprint density at radius 1 is 1.11 bits per heavy atom. The third-order valence-corrected chi connectivity index (χ3v) is 7.57. The number of nitrogens with zero attached hydrogens (tertiary/aromatic N) is 5. The number of likely N-dealkylation sites (N-methyl/N-ethyl adjacent to an activating group) is 1. The molecular formula is C27H25N7O2S. The Hall–Kier alpha value is -4.15. The molecule has 3 N–H and O–H groups in total. The first kappa shape index (κ1) is 23.3. The number of likely N-dealkylation sites (tertiary alicyclic amines) is 1. The summed E-state index contributed by atoms with van der Waals surface area (Å²) in [7, 11) is 1.71. The van der Waals surface area contributed by atoms with E-state index >= 15 is 0 Å². The molecular weight excluding hydrogens is 486 g/mol. The van der Waals surface area contributed by atoms with Crippen molar-refractivity contribution in [3.05, 3.63) is 77.6 Å². The van der Waals surface area contributed by atoms with Crippen LogP contribution in [0.4, 0.5) is 5.95 Å². The van der Waals surface area contributed by atoms with Gasteiger partial charge in [-0.3, -0.25) is 4.79 Å². The number of amides is 1. The van der Waals surface area contributed by atoms with E-state index in [0.717, 1.165) is 33.1 Å². The van der Waals surface area contributed by atoms with Gasteiger partial charge in [0.15, 0.2) is 5.60 Å². The lowest BCUT2D eigenvalue weighted by Crippen LogP contribution is -2.36. The van der Waals surface area contributed by atoms with Crippen LogP contribution in [0.1, 0.15) is 30.8 Å². The molecule has 2 aromatic carbocycles. The Labute approximate surface area is 217 Å². The molecule has 1 fully saturated rings. The molecule has 37 heavy (non-hydrogen) atoms. The Bertz CT molecular complexity index is 1580.